The van der Waals surface area contributed by atoms with E-state index in [1.807, 2.05) is 44.2 Å². The van der Waals surface area contributed by atoms with E-state index in [0.29, 0.717) is 23.6 Å². The van der Waals surface area contributed by atoms with Crippen LogP contribution in [0, 0.1) is 17.2 Å². The van der Waals surface area contributed by atoms with Gasteiger partial charge in [0.25, 0.3) is 0 Å². The topological polar surface area (TPSA) is 137 Å². The largest absolute Gasteiger partial charge is 0.424 e. The quantitative estimate of drug-likeness (QED) is 0.588. The van der Waals surface area contributed by atoms with Crippen molar-refractivity contribution < 1.29 is 38.3 Å². The fourth-order valence-corrected chi connectivity index (χ4v) is 1.71. The van der Waals surface area contributed by atoms with Gasteiger partial charge >= 0.3 is 11.4 Å². The first-order valence-corrected chi connectivity index (χ1v) is 7.19. The van der Waals surface area contributed by atoms with E-state index in [-0.39, 0.29) is 5.56 Å². The lowest BCUT2D eigenvalue weighted by atomic mass is 10.1. The maximum Gasteiger partial charge on any atom is 0.424 e. The number of benzene rings is 1. The average Bonchev–Trinajstić information content (AvgIpc) is 2.37. The van der Waals surface area contributed by atoms with Gasteiger partial charge in [-0.25, -0.2) is 23.4 Å². The van der Waals surface area contributed by atoms with Crippen molar-refractivity contribution in [3.8, 4) is 11.1 Å². The van der Waals surface area contributed by atoms with Gasteiger partial charge in [-0.3, -0.25) is 0 Å². The van der Waals surface area contributed by atoms with E-state index < -0.39 is 10.2 Å². The van der Waals surface area contributed by atoms with Gasteiger partial charge in [0.05, 0.1) is 6.42 Å². The minimum Gasteiger partial charge on any atom is -0.412 e. The summed E-state index contributed by atoms with van der Waals surface area (Å²) in [7, 11) is -4.94. The molecule has 2 aromatic rings. The summed E-state index contributed by atoms with van der Waals surface area (Å²) in [6, 6.07) is 9.53. The third kappa shape index (κ3) is 6.03. The Bertz CT molecular complexity index is 629. The molecule has 1 aromatic carbocycles. The van der Waals surface area contributed by atoms with Crippen LogP contribution in [0.1, 0.15) is 18.6 Å². The molecule has 1 aromatic heterocycles. The summed E-state index contributed by atoms with van der Waals surface area (Å²) in [6.45, 7) is 3.76. The molecule has 0 aliphatic rings. The molecule has 0 unspecified atom stereocenters. The molecule has 1 heterocycles. The van der Waals surface area contributed by atoms with E-state index in [4.69, 9.17) is 23.1 Å². The van der Waals surface area contributed by atoms with Crippen LogP contribution in [0.15, 0.2) is 39.5 Å². The molecular weight excluding hydrogens is 302 g/mol. The fourth-order valence-electron chi connectivity index (χ4n) is 1.71. The van der Waals surface area contributed by atoms with Gasteiger partial charge in [0.15, 0.2) is 0 Å². The number of hydrogen-bond donors (Lipinski definition) is 0. The lowest BCUT2D eigenvalue weighted by molar-refractivity contribution is -2.00. The van der Waals surface area contributed by atoms with Gasteiger partial charge in [0, 0.05) is 0 Å². The minimum absolute atomic E-state index is 0.0909. The second-order valence-electron chi connectivity index (χ2n) is 4.01. The number of nitrogens with one attached hydrogen (secondary N) is 1. The van der Waals surface area contributed by atoms with Crippen molar-refractivity contribution in [2.75, 3.05) is 0 Å². The zero-order valence-electron chi connectivity index (χ0n) is 11.4. The van der Waals surface area contributed by atoms with Crippen LogP contribution < -0.4 is 29.2 Å². The number of aromatic nitrogens is 1. The predicted octanol–water partition coefficient (Wildman–Crippen LogP) is -2.76. The molecule has 0 saturated heterocycles. The molecule has 114 valence electrons. The Morgan fingerprint density at radius 2 is 1.67 bits per heavy atom. The van der Waals surface area contributed by atoms with Gasteiger partial charge in [-0.05, 0) is 12.5 Å². The Hall–Kier alpha value is -1.77. The standard InChI is InChI=1S/C13H13NO2.ClHO4/c1-3-11-14-13(15)12(9(2)16-11)10-7-5-4-6-8-10;2-1(3,4)5/h4-8H,3H2,1-2H3;(H,2,3,4,5). The van der Waals surface area contributed by atoms with E-state index in [9.17, 15) is 4.79 Å². The second kappa shape index (κ2) is 7.30. The highest BCUT2D eigenvalue weighted by Gasteiger charge is 2.16. The van der Waals surface area contributed by atoms with Gasteiger partial charge in [0.2, 0.25) is 0 Å². The Morgan fingerprint density at radius 3 is 2.10 bits per heavy atom. The first kappa shape index (κ1) is 17.3. The van der Waals surface area contributed by atoms with Crippen LogP contribution in [0.3, 0.4) is 0 Å². The zero-order valence-corrected chi connectivity index (χ0v) is 12.2. The maximum atomic E-state index is 11.9. The van der Waals surface area contributed by atoms with Gasteiger partial charge < -0.3 is 4.42 Å². The first-order chi connectivity index (χ1) is 9.72. The van der Waals surface area contributed by atoms with Gasteiger partial charge in [-0.2, -0.15) is 0 Å². The molecule has 1 N–H and O–H groups in total. The molecule has 21 heavy (non-hydrogen) atoms. The number of rotatable bonds is 2. The second-order valence-corrected chi connectivity index (χ2v) is 4.76. The summed E-state index contributed by atoms with van der Waals surface area (Å²) < 4.78 is 39.5. The molecule has 0 aliphatic heterocycles. The summed E-state index contributed by atoms with van der Waals surface area (Å²) in [6.07, 6.45) is 0.686. The van der Waals surface area contributed by atoms with Crippen molar-refractivity contribution in [1.82, 2.24) is 0 Å². The Balaban J connectivity index is 0.000000383. The van der Waals surface area contributed by atoms with Crippen molar-refractivity contribution in [1.29, 1.82) is 0 Å². The number of halogens is 1. The van der Waals surface area contributed by atoms with Crippen molar-refractivity contribution >= 4 is 0 Å². The summed E-state index contributed by atoms with van der Waals surface area (Å²) >= 11 is 0. The van der Waals surface area contributed by atoms with Gasteiger partial charge in [0.1, 0.15) is 11.3 Å². The van der Waals surface area contributed by atoms with E-state index in [0.717, 1.165) is 5.56 Å². The van der Waals surface area contributed by atoms with E-state index in [2.05, 4.69) is 4.98 Å². The van der Waals surface area contributed by atoms with Gasteiger partial charge in [-0.15, -0.1) is 15.2 Å². The molecule has 0 saturated carbocycles. The lowest BCUT2D eigenvalue weighted by Crippen LogP contribution is -2.68. The van der Waals surface area contributed by atoms with E-state index in [1.54, 1.807) is 0 Å². The fraction of sp³-hybridized carbons (Fsp3) is 0.231. The lowest BCUT2D eigenvalue weighted by Gasteiger charge is -2.17. The van der Waals surface area contributed by atoms with E-state index >= 15 is 0 Å². The van der Waals surface area contributed by atoms with Crippen molar-refractivity contribution in [3.05, 3.63) is 52.3 Å². The Morgan fingerprint density at radius 1 is 1.14 bits per heavy atom. The van der Waals surface area contributed by atoms with Crippen LogP contribution in [0.5, 0.6) is 0 Å². The molecule has 0 fully saturated rings. The molecule has 0 amide bonds. The predicted molar refractivity (Wildman–Crippen MR) is 61.1 cm³/mol. The summed E-state index contributed by atoms with van der Waals surface area (Å²) in [4.78, 5) is 14.6. The van der Waals surface area contributed by atoms with Crippen LogP contribution >= 0.6 is 0 Å². The number of aromatic amines is 1. The maximum absolute atomic E-state index is 11.9. The first-order valence-electron chi connectivity index (χ1n) is 5.95. The Labute approximate surface area is 122 Å². The van der Waals surface area contributed by atoms with Crippen molar-refractivity contribution in [2.45, 2.75) is 20.3 Å². The highest BCUT2D eigenvalue weighted by atomic mass is 35.7. The summed E-state index contributed by atoms with van der Waals surface area (Å²) in [5.41, 5.74) is 1.40. The molecule has 0 aliphatic carbocycles. The summed E-state index contributed by atoms with van der Waals surface area (Å²) in [5.74, 6) is 1.27. The summed E-state index contributed by atoms with van der Waals surface area (Å²) in [5, 5.41) is 0. The minimum atomic E-state index is -4.94. The normalized spacial score (nSPS) is 10.8. The third-order valence-corrected chi connectivity index (χ3v) is 2.49. The van der Waals surface area contributed by atoms with Crippen molar-refractivity contribution in [3.63, 3.8) is 0 Å². The molecule has 2 rings (SSSR count). The SMILES string of the molecule is CCc1[nH+]c(=O)c(-c2ccccc2)c(C)o1.[O-][Cl+3]([O-])([O-])[O-]. The van der Waals surface area contributed by atoms with Crippen molar-refractivity contribution in [2.24, 2.45) is 0 Å². The number of hydrogen-bond acceptors (Lipinski definition) is 6. The molecule has 0 radical (unpaired) electrons. The molecule has 7 nitrogen and oxygen atoms in total. The molecule has 8 heteroatoms. The molecule has 0 bridgehead atoms. The van der Waals surface area contributed by atoms with E-state index in [1.165, 1.54) is 0 Å². The Kier molecular flexibility index (Phi) is 6.01. The smallest absolute Gasteiger partial charge is 0.412 e. The zero-order chi connectivity index (χ0) is 16.0. The molecular formula is C13H14ClNO6. The van der Waals surface area contributed by atoms with Gasteiger partial charge in [-0.1, -0.05) is 37.3 Å². The third-order valence-electron chi connectivity index (χ3n) is 2.49. The van der Waals surface area contributed by atoms with Crippen LogP contribution in [-0.4, -0.2) is 0 Å². The van der Waals surface area contributed by atoms with Crippen LogP contribution in [0.2, 0.25) is 0 Å². The monoisotopic (exact) mass is 315 g/mol. The average molecular weight is 316 g/mol. The molecule has 0 spiro atoms. The van der Waals surface area contributed by atoms with Crippen LogP contribution in [0.25, 0.3) is 11.1 Å². The highest BCUT2D eigenvalue weighted by molar-refractivity contribution is 5.63. The van der Waals surface area contributed by atoms with Crippen LogP contribution in [-0.2, 0) is 6.42 Å². The highest BCUT2D eigenvalue weighted by Crippen LogP contribution is 2.18. The van der Waals surface area contributed by atoms with Crippen LogP contribution in [0.4, 0.5) is 0 Å². The molecule has 0 atom stereocenters. The number of aryl methyl sites for hydroxylation is 2. The number of H-pyrrole nitrogens is 1.